The van der Waals surface area contributed by atoms with Crippen LogP contribution in [0.5, 0.6) is 0 Å². The molecule has 3 aromatic rings. The lowest BCUT2D eigenvalue weighted by Crippen LogP contribution is -2.59. The zero-order valence-electron chi connectivity index (χ0n) is 32.4. The van der Waals surface area contributed by atoms with E-state index in [0.29, 0.717) is 51.3 Å². The van der Waals surface area contributed by atoms with Gasteiger partial charge < -0.3 is 31.3 Å². The molecule has 5 amide bonds. The smallest absolute Gasteiger partial charge is 0.243 e. The fraction of sp³-hybridized carbons (Fsp3) is 0.525. The molecule has 6 N–H and O–H groups in total. The third-order valence-corrected chi connectivity index (χ3v) is 9.19. The fourth-order valence-corrected chi connectivity index (χ4v) is 6.32. The summed E-state index contributed by atoms with van der Waals surface area (Å²) in [6.45, 7) is 10.3. The molecule has 2 aromatic carbocycles. The molecule has 0 aliphatic carbocycles. The Labute approximate surface area is 323 Å². The molecule has 0 radical (unpaired) electrons. The maximum Gasteiger partial charge on any atom is 0.243 e. The molecule has 15 heteroatoms. The summed E-state index contributed by atoms with van der Waals surface area (Å²) in [5.74, 6) is -2.19. The number of rotatable bonds is 21. The van der Waals surface area contributed by atoms with Crippen LogP contribution in [0.2, 0.25) is 0 Å². The van der Waals surface area contributed by atoms with Gasteiger partial charge in [0.1, 0.15) is 29.9 Å². The van der Waals surface area contributed by atoms with Crippen LogP contribution in [0.1, 0.15) is 63.8 Å². The van der Waals surface area contributed by atoms with E-state index in [1.807, 2.05) is 93.3 Å². The minimum Gasteiger partial charge on any atom is -0.379 e. The number of morpholine rings is 1. The lowest BCUT2D eigenvalue weighted by molar-refractivity contribution is -0.135. The van der Waals surface area contributed by atoms with Crippen LogP contribution in [-0.2, 0) is 48.1 Å². The molecule has 0 saturated carbocycles. The number of ether oxygens (including phenoxy) is 1. The van der Waals surface area contributed by atoms with Crippen LogP contribution in [0.15, 0.2) is 66.9 Å². The predicted molar refractivity (Wildman–Crippen MR) is 207 cm³/mol. The summed E-state index contributed by atoms with van der Waals surface area (Å²) in [5, 5.41) is 24.6. The highest BCUT2D eigenvalue weighted by Gasteiger charge is 2.32. The van der Waals surface area contributed by atoms with E-state index in [1.165, 1.54) is 0 Å². The molecule has 1 fully saturated rings. The van der Waals surface area contributed by atoms with Gasteiger partial charge in [-0.05, 0) is 48.6 Å². The van der Waals surface area contributed by atoms with Crippen molar-refractivity contribution in [1.82, 2.24) is 46.9 Å². The average Bonchev–Trinajstić information content (AvgIpc) is 3.69. The van der Waals surface area contributed by atoms with Gasteiger partial charge in [-0.3, -0.25) is 34.0 Å². The Morgan fingerprint density at radius 3 is 1.84 bits per heavy atom. The molecule has 0 unspecified atom stereocenters. The van der Waals surface area contributed by atoms with E-state index in [4.69, 9.17) is 4.74 Å². The standard InChI is InChI=1S/C40H57N9O6/c1-27(2)21-33(37(51)41-24-31-25-42-48-47-31)44-40(54)35(23-30-13-9-6-10-14-30)46-39(53)34(22-28(3)4)45-38(52)32(16-15-29-11-7-5-8-12-29)43-36(50)26-49-17-19-55-20-18-49/h5-14,25,27-28,32-35H,15-24,26H2,1-4H3,(H,41,51)(H,43,50)(H,44,54)(H,45,52)(H,46,53)(H,42,47,48)/t32-,33-,34-,35-/m0/s1. The first kappa shape index (κ1) is 42.6. The fourth-order valence-electron chi connectivity index (χ4n) is 6.32. The first-order valence-corrected chi connectivity index (χ1v) is 19.2. The van der Waals surface area contributed by atoms with Crippen LogP contribution >= 0.6 is 0 Å². The second-order valence-electron chi connectivity index (χ2n) is 14.8. The molecule has 4 atom stereocenters. The molecule has 1 saturated heterocycles. The zero-order valence-corrected chi connectivity index (χ0v) is 32.4. The molecule has 4 rings (SSSR count). The number of H-pyrrole nitrogens is 1. The van der Waals surface area contributed by atoms with Crippen molar-refractivity contribution in [2.75, 3.05) is 32.8 Å². The number of aromatic nitrogens is 3. The van der Waals surface area contributed by atoms with Crippen molar-refractivity contribution in [3.05, 3.63) is 83.7 Å². The largest absolute Gasteiger partial charge is 0.379 e. The van der Waals surface area contributed by atoms with Gasteiger partial charge in [-0.25, -0.2) is 0 Å². The summed E-state index contributed by atoms with van der Waals surface area (Å²) >= 11 is 0. The number of nitrogens with one attached hydrogen (secondary N) is 6. The minimum atomic E-state index is -1.07. The molecule has 1 aliphatic rings. The van der Waals surface area contributed by atoms with Crippen molar-refractivity contribution >= 4 is 29.5 Å². The average molecular weight is 760 g/mol. The second kappa shape index (κ2) is 22.3. The number of carbonyl (C=O) groups is 5. The number of hydrogen-bond donors (Lipinski definition) is 6. The van der Waals surface area contributed by atoms with Crippen LogP contribution in [0.25, 0.3) is 0 Å². The van der Waals surface area contributed by atoms with Gasteiger partial charge in [0.05, 0.1) is 26.3 Å². The predicted octanol–water partition coefficient (Wildman–Crippen LogP) is 1.66. The van der Waals surface area contributed by atoms with Crippen LogP contribution in [0.4, 0.5) is 0 Å². The number of carbonyl (C=O) groups excluding carboxylic acids is 5. The number of benzene rings is 2. The monoisotopic (exact) mass is 759 g/mol. The van der Waals surface area contributed by atoms with Crippen molar-refractivity contribution in [1.29, 1.82) is 0 Å². The summed E-state index contributed by atoms with van der Waals surface area (Å²) in [6, 6.07) is 15.1. The third kappa shape index (κ3) is 15.3. The van der Waals surface area contributed by atoms with Crippen molar-refractivity contribution in [3.8, 4) is 0 Å². The summed E-state index contributed by atoms with van der Waals surface area (Å²) < 4.78 is 5.40. The number of amides is 5. The Hall–Kier alpha value is -5.15. The highest BCUT2D eigenvalue weighted by molar-refractivity contribution is 5.95. The van der Waals surface area contributed by atoms with E-state index in [2.05, 4.69) is 42.0 Å². The van der Waals surface area contributed by atoms with Crippen molar-refractivity contribution in [3.63, 3.8) is 0 Å². The lowest BCUT2D eigenvalue weighted by atomic mass is 9.99. The molecular formula is C40H57N9O6. The van der Waals surface area contributed by atoms with Gasteiger partial charge in [-0.1, -0.05) is 93.6 Å². The maximum atomic E-state index is 14.1. The van der Waals surface area contributed by atoms with Gasteiger partial charge >= 0.3 is 0 Å². The Morgan fingerprint density at radius 1 is 0.709 bits per heavy atom. The van der Waals surface area contributed by atoms with Crippen LogP contribution < -0.4 is 26.6 Å². The van der Waals surface area contributed by atoms with Gasteiger partial charge in [-0.15, -0.1) is 5.10 Å². The van der Waals surface area contributed by atoms with Gasteiger partial charge in [0.2, 0.25) is 29.5 Å². The highest BCUT2D eigenvalue weighted by atomic mass is 16.5. The van der Waals surface area contributed by atoms with Crippen molar-refractivity contribution in [2.45, 2.75) is 90.5 Å². The second-order valence-corrected chi connectivity index (χ2v) is 14.8. The lowest BCUT2D eigenvalue weighted by Gasteiger charge is -2.29. The van der Waals surface area contributed by atoms with E-state index in [0.717, 1.165) is 11.1 Å². The molecule has 55 heavy (non-hydrogen) atoms. The normalized spacial score (nSPS) is 15.4. The Kier molecular flexibility index (Phi) is 17.3. The zero-order chi connectivity index (χ0) is 39.6. The van der Waals surface area contributed by atoms with Gasteiger partial charge in [-0.2, -0.15) is 0 Å². The highest BCUT2D eigenvalue weighted by Crippen LogP contribution is 2.12. The summed E-state index contributed by atoms with van der Waals surface area (Å²) in [7, 11) is 0. The molecule has 298 valence electrons. The topological polar surface area (TPSA) is 200 Å². The first-order chi connectivity index (χ1) is 26.5. The molecule has 1 aromatic heterocycles. The van der Waals surface area contributed by atoms with E-state index in [-0.39, 0.29) is 43.7 Å². The van der Waals surface area contributed by atoms with Crippen LogP contribution in [0, 0.1) is 11.8 Å². The number of aromatic amines is 1. The molecule has 15 nitrogen and oxygen atoms in total. The van der Waals surface area contributed by atoms with Crippen molar-refractivity contribution in [2.24, 2.45) is 11.8 Å². The SMILES string of the molecule is CC(C)C[C@H](NC(=O)[C@H](Cc1ccccc1)NC(=O)[C@H](CC(C)C)NC(=O)[C@H](CCc1ccccc1)NC(=O)CN1CCOCC1)C(=O)NCc1c[nH]nn1. The Balaban J connectivity index is 1.50. The van der Waals surface area contributed by atoms with E-state index >= 15 is 0 Å². The molecule has 1 aliphatic heterocycles. The minimum absolute atomic E-state index is 0.0000322. The number of hydrogen-bond acceptors (Lipinski definition) is 9. The number of aryl methyl sites for hydroxylation is 1. The molecular weight excluding hydrogens is 702 g/mol. The Morgan fingerprint density at radius 2 is 1.25 bits per heavy atom. The van der Waals surface area contributed by atoms with Crippen LogP contribution in [-0.4, -0.2) is 107 Å². The summed E-state index contributed by atoms with van der Waals surface area (Å²) in [4.78, 5) is 70.6. The number of nitrogens with zero attached hydrogens (tertiary/aromatic N) is 3. The van der Waals surface area contributed by atoms with E-state index in [1.54, 1.807) is 6.20 Å². The Bertz CT molecular complexity index is 1630. The maximum absolute atomic E-state index is 14.1. The van der Waals surface area contributed by atoms with Gasteiger partial charge in [0, 0.05) is 25.7 Å². The van der Waals surface area contributed by atoms with E-state index < -0.39 is 47.8 Å². The molecule has 2 heterocycles. The molecule has 0 bridgehead atoms. The van der Waals surface area contributed by atoms with Crippen molar-refractivity contribution < 1.29 is 28.7 Å². The van der Waals surface area contributed by atoms with E-state index in [9.17, 15) is 24.0 Å². The first-order valence-electron chi connectivity index (χ1n) is 19.2. The quantitative estimate of drug-likeness (QED) is 0.0935. The van der Waals surface area contributed by atoms with Gasteiger partial charge in [0.25, 0.3) is 0 Å². The van der Waals surface area contributed by atoms with Gasteiger partial charge in [0.15, 0.2) is 0 Å². The summed E-state index contributed by atoms with van der Waals surface area (Å²) in [5.41, 5.74) is 2.35. The third-order valence-electron chi connectivity index (χ3n) is 9.19. The van der Waals surface area contributed by atoms with Crippen LogP contribution in [0.3, 0.4) is 0 Å². The molecule has 0 spiro atoms. The summed E-state index contributed by atoms with van der Waals surface area (Å²) in [6.07, 6.45) is 3.20.